The highest BCUT2D eigenvalue weighted by molar-refractivity contribution is 7.99. The molecule has 0 aliphatic carbocycles. The number of rotatable bonds is 3. The van der Waals surface area contributed by atoms with Crippen LogP contribution in [0.15, 0.2) is 29.2 Å². The Morgan fingerprint density at radius 1 is 1.46 bits per heavy atom. The molecular weight excluding hydrogens is 180 g/mol. The molecule has 0 bridgehead atoms. The lowest BCUT2D eigenvalue weighted by Gasteiger charge is -2.02. The molecule has 0 fully saturated rings. The molecule has 1 aromatic rings. The van der Waals surface area contributed by atoms with Crippen molar-refractivity contribution in [3.63, 3.8) is 0 Å². The van der Waals surface area contributed by atoms with Gasteiger partial charge in [-0.2, -0.15) is 5.26 Å². The zero-order valence-electron chi connectivity index (χ0n) is 7.53. The van der Waals surface area contributed by atoms with Gasteiger partial charge >= 0.3 is 0 Å². The first-order chi connectivity index (χ1) is 6.22. The fourth-order valence-corrected chi connectivity index (χ4v) is 1.63. The third-order valence-electron chi connectivity index (χ3n) is 1.62. The summed E-state index contributed by atoms with van der Waals surface area (Å²) in [5, 5.41) is 8.47. The molecule has 13 heavy (non-hydrogen) atoms. The molecule has 0 aromatic heterocycles. The van der Waals surface area contributed by atoms with Gasteiger partial charge in [0.1, 0.15) is 6.04 Å². The molecule has 0 saturated carbocycles. The van der Waals surface area contributed by atoms with Crippen LogP contribution in [0.25, 0.3) is 0 Å². The van der Waals surface area contributed by atoms with E-state index in [1.54, 1.807) is 11.8 Å². The van der Waals surface area contributed by atoms with Crippen molar-refractivity contribution < 1.29 is 0 Å². The Labute approximate surface area is 82.7 Å². The Morgan fingerprint density at radius 2 is 2.08 bits per heavy atom. The van der Waals surface area contributed by atoms with Crippen molar-refractivity contribution in [2.24, 2.45) is 5.73 Å². The molecule has 0 saturated heterocycles. The van der Waals surface area contributed by atoms with Crippen molar-refractivity contribution in [2.45, 2.75) is 17.9 Å². The van der Waals surface area contributed by atoms with Crippen molar-refractivity contribution >= 4 is 11.8 Å². The predicted molar refractivity (Wildman–Crippen MR) is 55.5 cm³/mol. The molecule has 1 rings (SSSR count). The average molecular weight is 192 g/mol. The minimum absolute atomic E-state index is 0.369. The monoisotopic (exact) mass is 192 g/mol. The molecule has 0 heterocycles. The Balaban J connectivity index is 2.47. The standard InChI is InChI=1S/C10H12N2S/c1-8-2-4-10(5-3-8)13-7-9(12)6-11/h2-5,9H,7,12H2,1H3. The molecule has 1 atom stereocenters. The van der Waals surface area contributed by atoms with Gasteiger partial charge in [-0.05, 0) is 19.1 Å². The Hall–Kier alpha value is -0.980. The molecule has 0 amide bonds. The summed E-state index contributed by atoms with van der Waals surface area (Å²) in [6, 6.07) is 9.84. The average Bonchev–Trinajstić information content (AvgIpc) is 2.16. The van der Waals surface area contributed by atoms with Gasteiger partial charge in [0.2, 0.25) is 0 Å². The molecule has 0 aliphatic heterocycles. The van der Waals surface area contributed by atoms with E-state index in [0.29, 0.717) is 5.75 Å². The second kappa shape index (κ2) is 4.90. The van der Waals surface area contributed by atoms with Gasteiger partial charge in [0.25, 0.3) is 0 Å². The van der Waals surface area contributed by atoms with E-state index in [-0.39, 0.29) is 6.04 Å². The van der Waals surface area contributed by atoms with E-state index in [2.05, 4.69) is 19.1 Å². The molecular formula is C10H12N2S. The molecule has 0 radical (unpaired) electrons. The molecule has 2 nitrogen and oxygen atoms in total. The van der Waals surface area contributed by atoms with E-state index in [9.17, 15) is 0 Å². The van der Waals surface area contributed by atoms with E-state index in [1.165, 1.54) is 5.56 Å². The highest BCUT2D eigenvalue weighted by atomic mass is 32.2. The summed E-state index contributed by atoms with van der Waals surface area (Å²) < 4.78 is 0. The van der Waals surface area contributed by atoms with E-state index in [0.717, 1.165) is 4.90 Å². The number of benzene rings is 1. The van der Waals surface area contributed by atoms with Gasteiger partial charge in [-0.25, -0.2) is 0 Å². The van der Waals surface area contributed by atoms with Crippen LogP contribution in [-0.4, -0.2) is 11.8 Å². The zero-order valence-corrected chi connectivity index (χ0v) is 8.34. The maximum Gasteiger partial charge on any atom is 0.102 e. The van der Waals surface area contributed by atoms with E-state index >= 15 is 0 Å². The van der Waals surface area contributed by atoms with Crippen molar-refractivity contribution in [2.75, 3.05) is 5.75 Å². The van der Waals surface area contributed by atoms with Crippen LogP contribution >= 0.6 is 11.8 Å². The normalized spacial score (nSPS) is 12.1. The molecule has 1 aromatic carbocycles. The van der Waals surface area contributed by atoms with Crippen LogP contribution in [0, 0.1) is 18.3 Å². The van der Waals surface area contributed by atoms with Gasteiger partial charge in [0.05, 0.1) is 6.07 Å². The summed E-state index contributed by atoms with van der Waals surface area (Å²) in [5.41, 5.74) is 6.71. The van der Waals surface area contributed by atoms with Crippen molar-refractivity contribution in [3.8, 4) is 6.07 Å². The van der Waals surface area contributed by atoms with Crippen LogP contribution in [0.4, 0.5) is 0 Å². The summed E-state index contributed by atoms with van der Waals surface area (Å²) in [5.74, 6) is 0.652. The largest absolute Gasteiger partial charge is 0.315 e. The molecule has 2 N–H and O–H groups in total. The summed E-state index contributed by atoms with van der Waals surface area (Å²) in [4.78, 5) is 1.16. The van der Waals surface area contributed by atoms with E-state index < -0.39 is 0 Å². The van der Waals surface area contributed by atoms with Crippen LogP contribution in [0.5, 0.6) is 0 Å². The number of nitrogens with zero attached hydrogens (tertiary/aromatic N) is 1. The molecule has 3 heteroatoms. The smallest absolute Gasteiger partial charge is 0.102 e. The molecule has 1 unspecified atom stereocenters. The van der Waals surface area contributed by atoms with Gasteiger partial charge in [-0.1, -0.05) is 17.7 Å². The summed E-state index contributed by atoms with van der Waals surface area (Å²) in [7, 11) is 0. The number of hydrogen-bond acceptors (Lipinski definition) is 3. The van der Waals surface area contributed by atoms with Gasteiger partial charge in [0, 0.05) is 10.6 Å². The highest BCUT2D eigenvalue weighted by Crippen LogP contribution is 2.18. The number of aryl methyl sites for hydroxylation is 1. The third kappa shape index (κ3) is 3.49. The lowest BCUT2D eigenvalue weighted by molar-refractivity contribution is 0.953. The second-order valence-corrected chi connectivity index (χ2v) is 3.95. The minimum atomic E-state index is -0.369. The van der Waals surface area contributed by atoms with Crippen LogP contribution < -0.4 is 5.73 Å². The van der Waals surface area contributed by atoms with E-state index in [4.69, 9.17) is 11.0 Å². The Morgan fingerprint density at radius 3 is 2.62 bits per heavy atom. The highest BCUT2D eigenvalue weighted by Gasteiger charge is 2.00. The molecule has 0 spiro atoms. The fourth-order valence-electron chi connectivity index (χ4n) is 0.858. The second-order valence-electron chi connectivity index (χ2n) is 2.86. The number of nitriles is 1. The number of hydrogen-bond donors (Lipinski definition) is 1. The Bertz CT molecular complexity index is 300. The topological polar surface area (TPSA) is 49.8 Å². The lowest BCUT2D eigenvalue weighted by Crippen LogP contribution is -2.19. The minimum Gasteiger partial charge on any atom is -0.315 e. The first kappa shape index (κ1) is 10.1. The summed E-state index contributed by atoms with van der Waals surface area (Å²) in [6.45, 7) is 2.05. The quantitative estimate of drug-likeness (QED) is 0.744. The summed E-state index contributed by atoms with van der Waals surface area (Å²) >= 11 is 1.61. The van der Waals surface area contributed by atoms with Gasteiger partial charge in [0.15, 0.2) is 0 Å². The molecule has 68 valence electrons. The van der Waals surface area contributed by atoms with E-state index in [1.807, 2.05) is 18.2 Å². The van der Waals surface area contributed by atoms with Gasteiger partial charge in [-0.3, -0.25) is 0 Å². The first-order valence-electron chi connectivity index (χ1n) is 4.07. The summed E-state index contributed by atoms with van der Waals surface area (Å²) in [6.07, 6.45) is 0. The first-order valence-corrected chi connectivity index (χ1v) is 5.05. The fraction of sp³-hybridized carbons (Fsp3) is 0.300. The van der Waals surface area contributed by atoms with Crippen LogP contribution in [0.1, 0.15) is 5.56 Å². The lowest BCUT2D eigenvalue weighted by atomic mass is 10.2. The zero-order chi connectivity index (χ0) is 9.68. The maximum absolute atomic E-state index is 8.47. The van der Waals surface area contributed by atoms with Gasteiger partial charge in [-0.15, -0.1) is 11.8 Å². The molecule has 0 aliphatic rings. The van der Waals surface area contributed by atoms with Crippen LogP contribution in [-0.2, 0) is 0 Å². The van der Waals surface area contributed by atoms with Crippen LogP contribution in [0.3, 0.4) is 0 Å². The SMILES string of the molecule is Cc1ccc(SCC(N)C#N)cc1. The maximum atomic E-state index is 8.47. The van der Waals surface area contributed by atoms with Gasteiger partial charge < -0.3 is 5.73 Å². The van der Waals surface area contributed by atoms with Crippen molar-refractivity contribution in [1.82, 2.24) is 0 Å². The van der Waals surface area contributed by atoms with Crippen molar-refractivity contribution in [1.29, 1.82) is 5.26 Å². The Kier molecular flexibility index (Phi) is 3.81. The van der Waals surface area contributed by atoms with Crippen LogP contribution in [0.2, 0.25) is 0 Å². The number of thioether (sulfide) groups is 1. The third-order valence-corrected chi connectivity index (χ3v) is 2.75. The number of nitrogens with two attached hydrogens (primary N) is 1. The van der Waals surface area contributed by atoms with Crippen molar-refractivity contribution in [3.05, 3.63) is 29.8 Å². The predicted octanol–water partition coefficient (Wildman–Crippen LogP) is 1.94.